The van der Waals surface area contributed by atoms with Crippen molar-refractivity contribution in [3.8, 4) is 0 Å². The Labute approximate surface area is 163 Å². The largest absolute Gasteiger partial charge is 0.479 e. The molecule has 148 valence electrons. The van der Waals surface area contributed by atoms with Crippen LogP contribution in [0.1, 0.15) is 35.5 Å². The first kappa shape index (κ1) is 18.6. The smallest absolute Gasteiger partial charge is 0.334 e. The van der Waals surface area contributed by atoms with Gasteiger partial charge in [-0.25, -0.2) is 4.79 Å². The van der Waals surface area contributed by atoms with E-state index in [1.807, 2.05) is 18.2 Å². The first-order valence-electron chi connectivity index (χ1n) is 9.52. The Kier molecular flexibility index (Phi) is 4.85. The maximum absolute atomic E-state index is 13.1. The van der Waals surface area contributed by atoms with Crippen LogP contribution in [0, 0.1) is 0 Å². The summed E-state index contributed by atoms with van der Waals surface area (Å²) in [6.07, 6.45) is 1.13. The van der Waals surface area contributed by atoms with Crippen molar-refractivity contribution in [2.75, 3.05) is 18.0 Å². The third-order valence-electron chi connectivity index (χ3n) is 5.45. The van der Waals surface area contributed by atoms with Crippen LogP contribution in [-0.4, -0.2) is 53.2 Å². The standard InChI is InChI=1S/C21H24N2O5/c1-13-9-15-5-3-4-6-17(15)23(13)11-16-7-8-27-19(16)20(24)22-10-14(2)28-18(12-22)21(25)26/h3-8,13-14,18H,9-12H2,1-2H3,(H,25,26)/t13?,14-,18?/m1/s1. The Balaban J connectivity index is 1.54. The fourth-order valence-corrected chi connectivity index (χ4v) is 4.10. The molecule has 1 aromatic heterocycles. The van der Waals surface area contributed by atoms with Crippen molar-refractivity contribution in [3.63, 3.8) is 0 Å². The molecule has 0 bridgehead atoms. The Morgan fingerprint density at radius 3 is 2.75 bits per heavy atom. The highest BCUT2D eigenvalue weighted by Crippen LogP contribution is 2.33. The molecule has 2 aromatic rings. The molecule has 2 aliphatic heterocycles. The van der Waals surface area contributed by atoms with Crippen LogP contribution in [0.4, 0.5) is 5.69 Å². The summed E-state index contributed by atoms with van der Waals surface area (Å²) in [6.45, 7) is 4.86. The van der Waals surface area contributed by atoms with Crippen molar-refractivity contribution in [2.45, 2.75) is 45.1 Å². The molecule has 3 atom stereocenters. The molecule has 7 heteroatoms. The number of morpholine rings is 1. The minimum Gasteiger partial charge on any atom is -0.479 e. The number of nitrogens with zero attached hydrogens (tertiary/aromatic N) is 2. The van der Waals surface area contributed by atoms with Crippen molar-refractivity contribution in [3.05, 3.63) is 53.5 Å². The second-order valence-corrected chi connectivity index (χ2v) is 7.57. The molecule has 1 saturated heterocycles. The number of carboxylic acid groups (broad SMARTS) is 1. The quantitative estimate of drug-likeness (QED) is 0.872. The Bertz CT molecular complexity index is 892. The summed E-state index contributed by atoms with van der Waals surface area (Å²) in [4.78, 5) is 28.2. The molecule has 28 heavy (non-hydrogen) atoms. The number of carboxylic acids is 1. The molecule has 1 amide bonds. The number of hydrogen-bond acceptors (Lipinski definition) is 5. The molecule has 1 N–H and O–H groups in total. The number of carbonyl (C=O) groups is 2. The average molecular weight is 384 g/mol. The van der Waals surface area contributed by atoms with Crippen LogP contribution in [0.15, 0.2) is 41.0 Å². The van der Waals surface area contributed by atoms with E-state index in [9.17, 15) is 14.7 Å². The van der Waals surface area contributed by atoms with Crippen molar-refractivity contribution in [1.82, 2.24) is 4.90 Å². The Morgan fingerprint density at radius 2 is 1.96 bits per heavy atom. The van der Waals surface area contributed by atoms with Gasteiger partial charge in [0.25, 0.3) is 5.91 Å². The molecule has 7 nitrogen and oxygen atoms in total. The lowest BCUT2D eigenvalue weighted by atomic mass is 10.1. The molecule has 0 radical (unpaired) electrons. The summed E-state index contributed by atoms with van der Waals surface area (Å²) in [6, 6.07) is 10.4. The number of hydrogen-bond donors (Lipinski definition) is 1. The number of benzene rings is 1. The summed E-state index contributed by atoms with van der Waals surface area (Å²) < 4.78 is 10.9. The van der Waals surface area contributed by atoms with Gasteiger partial charge in [-0.05, 0) is 38.0 Å². The zero-order valence-electron chi connectivity index (χ0n) is 16.0. The van der Waals surface area contributed by atoms with Gasteiger partial charge in [-0.1, -0.05) is 18.2 Å². The van der Waals surface area contributed by atoms with E-state index < -0.39 is 12.1 Å². The zero-order valence-corrected chi connectivity index (χ0v) is 16.0. The Hall–Kier alpha value is -2.80. The maximum atomic E-state index is 13.1. The summed E-state index contributed by atoms with van der Waals surface area (Å²) in [7, 11) is 0. The third kappa shape index (κ3) is 3.38. The molecule has 1 aromatic carbocycles. The van der Waals surface area contributed by atoms with E-state index in [1.165, 1.54) is 22.4 Å². The number of rotatable bonds is 4. The van der Waals surface area contributed by atoms with Gasteiger partial charge in [0.05, 0.1) is 18.9 Å². The van der Waals surface area contributed by atoms with Crippen LogP contribution in [-0.2, 0) is 22.5 Å². The summed E-state index contributed by atoms with van der Waals surface area (Å²) in [5.41, 5.74) is 3.29. The van der Waals surface area contributed by atoms with Crippen molar-refractivity contribution >= 4 is 17.6 Å². The molecule has 3 heterocycles. The number of aliphatic carboxylic acids is 1. The molecule has 0 spiro atoms. The van der Waals surface area contributed by atoms with Crippen molar-refractivity contribution < 1.29 is 23.8 Å². The number of fused-ring (bicyclic) bond motifs is 1. The monoisotopic (exact) mass is 384 g/mol. The van der Waals surface area contributed by atoms with E-state index in [2.05, 4.69) is 24.0 Å². The van der Waals surface area contributed by atoms with Crippen molar-refractivity contribution in [2.24, 2.45) is 0 Å². The number of amides is 1. The molecular weight excluding hydrogens is 360 g/mol. The van der Waals surface area contributed by atoms with E-state index in [-0.39, 0.29) is 24.3 Å². The lowest BCUT2D eigenvalue weighted by Gasteiger charge is -2.34. The summed E-state index contributed by atoms with van der Waals surface area (Å²) >= 11 is 0. The van der Waals surface area contributed by atoms with Crippen LogP contribution in [0.25, 0.3) is 0 Å². The fraction of sp³-hybridized carbons (Fsp3) is 0.429. The van der Waals surface area contributed by atoms with Gasteiger partial charge in [-0.3, -0.25) is 4.79 Å². The van der Waals surface area contributed by atoms with E-state index in [0.717, 1.165) is 12.0 Å². The predicted octanol–water partition coefficient (Wildman–Crippen LogP) is 2.54. The van der Waals surface area contributed by atoms with E-state index in [4.69, 9.17) is 9.15 Å². The first-order chi connectivity index (χ1) is 13.4. The predicted molar refractivity (Wildman–Crippen MR) is 102 cm³/mol. The van der Waals surface area contributed by atoms with E-state index in [0.29, 0.717) is 19.1 Å². The molecule has 0 aliphatic carbocycles. The highest BCUT2D eigenvalue weighted by atomic mass is 16.5. The Morgan fingerprint density at radius 1 is 1.18 bits per heavy atom. The number of para-hydroxylation sites is 1. The fourth-order valence-electron chi connectivity index (χ4n) is 4.10. The molecule has 2 aliphatic rings. The highest BCUT2D eigenvalue weighted by Gasteiger charge is 2.35. The van der Waals surface area contributed by atoms with Gasteiger partial charge in [0.1, 0.15) is 0 Å². The average Bonchev–Trinajstić information content (AvgIpc) is 3.25. The van der Waals surface area contributed by atoms with E-state index >= 15 is 0 Å². The maximum Gasteiger partial charge on any atom is 0.334 e. The third-order valence-corrected chi connectivity index (χ3v) is 5.45. The van der Waals surface area contributed by atoms with Crippen LogP contribution < -0.4 is 4.90 Å². The topological polar surface area (TPSA) is 83.2 Å². The SMILES string of the molecule is CC1Cc2ccccc2N1Cc1ccoc1C(=O)N1CC(C(=O)O)O[C@H](C)C1. The van der Waals surface area contributed by atoms with Gasteiger partial charge in [0, 0.05) is 30.4 Å². The summed E-state index contributed by atoms with van der Waals surface area (Å²) in [5.74, 6) is -1.08. The minimum atomic E-state index is -1.06. The summed E-state index contributed by atoms with van der Waals surface area (Å²) in [5, 5.41) is 9.26. The highest BCUT2D eigenvalue weighted by molar-refractivity contribution is 5.93. The lowest BCUT2D eigenvalue weighted by Crippen LogP contribution is -2.51. The molecule has 0 saturated carbocycles. The number of furan rings is 1. The minimum absolute atomic E-state index is 0.0155. The lowest BCUT2D eigenvalue weighted by molar-refractivity contribution is -0.160. The molecule has 4 rings (SSSR count). The van der Waals surface area contributed by atoms with Crippen LogP contribution in [0.5, 0.6) is 0 Å². The molecule has 2 unspecified atom stereocenters. The van der Waals surface area contributed by atoms with Crippen LogP contribution in [0.2, 0.25) is 0 Å². The number of ether oxygens (including phenoxy) is 1. The van der Waals surface area contributed by atoms with Gasteiger partial charge >= 0.3 is 5.97 Å². The second kappa shape index (κ2) is 7.31. The van der Waals surface area contributed by atoms with Gasteiger partial charge in [-0.15, -0.1) is 0 Å². The number of carbonyl (C=O) groups excluding carboxylic acids is 1. The number of anilines is 1. The normalized spacial score (nSPS) is 24.3. The van der Waals surface area contributed by atoms with E-state index in [1.54, 1.807) is 6.92 Å². The van der Waals surface area contributed by atoms with Gasteiger partial charge in [0.2, 0.25) is 0 Å². The molecular formula is C21H24N2O5. The van der Waals surface area contributed by atoms with Gasteiger partial charge in [-0.2, -0.15) is 0 Å². The van der Waals surface area contributed by atoms with Gasteiger partial charge < -0.3 is 24.1 Å². The zero-order chi connectivity index (χ0) is 19.8. The molecule has 1 fully saturated rings. The van der Waals surface area contributed by atoms with Gasteiger partial charge in [0.15, 0.2) is 11.9 Å². The van der Waals surface area contributed by atoms with Crippen LogP contribution in [0.3, 0.4) is 0 Å². The van der Waals surface area contributed by atoms with Crippen LogP contribution >= 0.6 is 0 Å². The van der Waals surface area contributed by atoms with Crippen molar-refractivity contribution in [1.29, 1.82) is 0 Å². The first-order valence-corrected chi connectivity index (χ1v) is 9.52. The second-order valence-electron chi connectivity index (χ2n) is 7.57.